The third kappa shape index (κ3) is 3.46. The lowest BCUT2D eigenvalue weighted by Crippen LogP contribution is -2.34. The van der Waals surface area contributed by atoms with Gasteiger partial charge in [0.25, 0.3) is 0 Å². The molecule has 0 spiro atoms. The predicted molar refractivity (Wildman–Crippen MR) is 76.7 cm³/mol. The summed E-state index contributed by atoms with van der Waals surface area (Å²) < 4.78 is 0.975. The van der Waals surface area contributed by atoms with Crippen LogP contribution < -0.4 is 0 Å². The molecule has 1 heterocycles. The highest BCUT2D eigenvalue weighted by atomic mass is 79.9. The van der Waals surface area contributed by atoms with E-state index in [-0.39, 0.29) is 5.91 Å². The molecule has 1 fully saturated rings. The van der Waals surface area contributed by atoms with Crippen LogP contribution in [0.1, 0.15) is 12.0 Å². The molecule has 0 bridgehead atoms. The average Bonchev–Trinajstić information content (AvgIpc) is 2.46. The molecule has 1 amide bonds. The van der Waals surface area contributed by atoms with Crippen LogP contribution in [0.2, 0.25) is 5.02 Å². The Morgan fingerprint density at radius 2 is 2.17 bits per heavy atom. The van der Waals surface area contributed by atoms with E-state index >= 15 is 0 Å². The quantitative estimate of drug-likeness (QED) is 0.832. The van der Waals surface area contributed by atoms with Crippen LogP contribution in [-0.2, 0) is 11.3 Å². The van der Waals surface area contributed by atoms with Gasteiger partial charge in [-0.15, -0.1) is 0 Å². The zero-order valence-corrected chi connectivity index (χ0v) is 12.7. The summed E-state index contributed by atoms with van der Waals surface area (Å²) in [5.74, 6) is 0.181. The number of carbonyl (C=O) groups is 1. The number of amides is 1. The Hall–Kier alpha value is -0.580. The molecule has 1 saturated heterocycles. The largest absolute Gasteiger partial charge is 0.345 e. The zero-order valence-electron chi connectivity index (χ0n) is 10.3. The van der Waals surface area contributed by atoms with E-state index in [4.69, 9.17) is 11.6 Å². The van der Waals surface area contributed by atoms with Gasteiger partial charge < -0.3 is 4.90 Å². The Labute approximate surface area is 121 Å². The summed E-state index contributed by atoms with van der Waals surface area (Å²) in [6, 6.07) is 5.88. The number of nitrogens with zero attached hydrogens (tertiary/aromatic N) is 2. The van der Waals surface area contributed by atoms with Crippen LogP contribution in [0.5, 0.6) is 0 Å². The maximum absolute atomic E-state index is 11.8. The topological polar surface area (TPSA) is 23.6 Å². The van der Waals surface area contributed by atoms with E-state index in [9.17, 15) is 4.79 Å². The van der Waals surface area contributed by atoms with Gasteiger partial charge in [0.1, 0.15) is 0 Å². The fourth-order valence-corrected chi connectivity index (χ4v) is 2.81. The van der Waals surface area contributed by atoms with Crippen molar-refractivity contribution in [1.82, 2.24) is 9.80 Å². The van der Waals surface area contributed by atoms with Crippen molar-refractivity contribution in [3.63, 3.8) is 0 Å². The van der Waals surface area contributed by atoms with Gasteiger partial charge in [0, 0.05) is 36.2 Å². The van der Waals surface area contributed by atoms with Gasteiger partial charge in [-0.3, -0.25) is 9.69 Å². The van der Waals surface area contributed by atoms with Crippen LogP contribution >= 0.6 is 27.5 Å². The lowest BCUT2D eigenvalue weighted by molar-refractivity contribution is -0.129. The second-order valence-electron chi connectivity index (χ2n) is 4.62. The highest BCUT2D eigenvalue weighted by Gasteiger charge is 2.19. The molecule has 0 aromatic heterocycles. The highest BCUT2D eigenvalue weighted by molar-refractivity contribution is 9.10. The molecule has 0 unspecified atom stereocenters. The Morgan fingerprint density at radius 3 is 2.89 bits per heavy atom. The van der Waals surface area contributed by atoms with Gasteiger partial charge in [-0.1, -0.05) is 33.6 Å². The smallest absolute Gasteiger partial charge is 0.236 e. The van der Waals surface area contributed by atoms with Crippen molar-refractivity contribution >= 4 is 33.4 Å². The van der Waals surface area contributed by atoms with Gasteiger partial charge in [0.2, 0.25) is 5.91 Å². The van der Waals surface area contributed by atoms with E-state index in [0.717, 1.165) is 41.1 Å². The molecule has 2 rings (SSSR count). The molecule has 5 heteroatoms. The third-order valence-electron chi connectivity index (χ3n) is 3.16. The minimum absolute atomic E-state index is 0.181. The van der Waals surface area contributed by atoms with E-state index in [1.54, 1.807) is 4.90 Å². The molecular weight excluding hydrogens is 316 g/mol. The number of hydrogen-bond donors (Lipinski definition) is 0. The first-order chi connectivity index (χ1) is 8.56. The molecule has 3 nitrogen and oxygen atoms in total. The van der Waals surface area contributed by atoms with Gasteiger partial charge in [0.15, 0.2) is 0 Å². The number of likely N-dealkylation sites (N-methyl/N-ethyl adjacent to an activating group) is 1. The summed E-state index contributed by atoms with van der Waals surface area (Å²) in [6.45, 7) is 2.97. The van der Waals surface area contributed by atoms with Crippen molar-refractivity contribution in [1.29, 1.82) is 0 Å². The molecule has 1 aromatic rings. The average molecular weight is 332 g/mol. The van der Waals surface area contributed by atoms with Crippen molar-refractivity contribution in [3.8, 4) is 0 Å². The molecular formula is C13H16BrClN2O. The SMILES string of the molecule is CN1CCCN(Cc2ccc(Br)cc2Cl)CC1=O. The molecule has 1 aromatic carbocycles. The minimum atomic E-state index is 0.181. The van der Waals surface area contributed by atoms with E-state index in [0.29, 0.717) is 6.54 Å². The normalized spacial score (nSPS) is 17.9. The lowest BCUT2D eigenvalue weighted by Gasteiger charge is -2.20. The molecule has 0 atom stereocenters. The first-order valence-corrected chi connectivity index (χ1v) is 7.13. The summed E-state index contributed by atoms with van der Waals surface area (Å²) in [4.78, 5) is 15.7. The first kappa shape index (κ1) is 13.8. The van der Waals surface area contributed by atoms with Crippen molar-refractivity contribution in [2.24, 2.45) is 0 Å². The van der Waals surface area contributed by atoms with Crippen LogP contribution in [0.15, 0.2) is 22.7 Å². The molecule has 98 valence electrons. The molecule has 1 aliphatic heterocycles. The van der Waals surface area contributed by atoms with E-state index < -0.39 is 0 Å². The number of halogens is 2. The summed E-state index contributed by atoms with van der Waals surface area (Å²) in [5.41, 5.74) is 1.07. The zero-order chi connectivity index (χ0) is 13.1. The highest BCUT2D eigenvalue weighted by Crippen LogP contribution is 2.23. The number of hydrogen-bond acceptors (Lipinski definition) is 2. The second-order valence-corrected chi connectivity index (χ2v) is 5.94. The van der Waals surface area contributed by atoms with Gasteiger partial charge >= 0.3 is 0 Å². The summed E-state index contributed by atoms with van der Waals surface area (Å²) >= 11 is 9.60. The maximum Gasteiger partial charge on any atom is 0.236 e. The van der Waals surface area contributed by atoms with Crippen LogP contribution in [-0.4, -0.2) is 42.4 Å². The van der Waals surface area contributed by atoms with Crippen LogP contribution in [0.4, 0.5) is 0 Å². The molecule has 0 aliphatic carbocycles. The van der Waals surface area contributed by atoms with E-state index in [1.165, 1.54) is 0 Å². The predicted octanol–water partition coefficient (Wildman–Crippen LogP) is 2.77. The fraction of sp³-hybridized carbons (Fsp3) is 0.462. The van der Waals surface area contributed by atoms with Gasteiger partial charge in [0.05, 0.1) is 6.54 Å². The Balaban J connectivity index is 2.06. The molecule has 0 radical (unpaired) electrons. The van der Waals surface area contributed by atoms with Crippen molar-refractivity contribution < 1.29 is 4.79 Å². The summed E-state index contributed by atoms with van der Waals surface area (Å²) in [5, 5.41) is 0.745. The van der Waals surface area contributed by atoms with Crippen LogP contribution in [0, 0.1) is 0 Å². The second kappa shape index (κ2) is 6.04. The number of carbonyl (C=O) groups excluding carboxylic acids is 1. The summed E-state index contributed by atoms with van der Waals surface area (Å²) in [6.07, 6.45) is 1.01. The first-order valence-electron chi connectivity index (χ1n) is 5.96. The molecule has 0 saturated carbocycles. The van der Waals surface area contributed by atoms with Crippen molar-refractivity contribution in [2.75, 3.05) is 26.7 Å². The van der Waals surface area contributed by atoms with E-state index in [2.05, 4.69) is 20.8 Å². The monoisotopic (exact) mass is 330 g/mol. The van der Waals surface area contributed by atoms with E-state index in [1.807, 2.05) is 25.2 Å². The van der Waals surface area contributed by atoms with Gasteiger partial charge in [-0.25, -0.2) is 0 Å². The van der Waals surface area contributed by atoms with Crippen molar-refractivity contribution in [3.05, 3.63) is 33.3 Å². The molecule has 0 N–H and O–H groups in total. The standard InChI is InChI=1S/C13H16BrClN2O/c1-16-5-2-6-17(9-13(16)18)8-10-3-4-11(14)7-12(10)15/h3-4,7H,2,5-6,8-9H2,1H3. The Bertz CT molecular complexity index is 453. The third-order valence-corrected chi connectivity index (χ3v) is 4.01. The Morgan fingerprint density at radius 1 is 1.39 bits per heavy atom. The number of benzene rings is 1. The van der Waals surface area contributed by atoms with Crippen molar-refractivity contribution in [2.45, 2.75) is 13.0 Å². The minimum Gasteiger partial charge on any atom is -0.345 e. The fourth-order valence-electron chi connectivity index (χ4n) is 2.07. The number of rotatable bonds is 2. The molecule has 18 heavy (non-hydrogen) atoms. The molecule has 1 aliphatic rings. The lowest BCUT2D eigenvalue weighted by atomic mass is 10.2. The van der Waals surface area contributed by atoms with Gasteiger partial charge in [-0.05, 0) is 24.1 Å². The summed E-state index contributed by atoms with van der Waals surface area (Å²) in [7, 11) is 1.86. The maximum atomic E-state index is 11.8. The Kier molecular flexibility index (Phi) is 4.65. The van der Waals surface area contributed by atoms with Crippen LogP contribution in [0.3, 0.4) is 0 Å². The van der Waals surface area contributed by atoms with Gasteiger partial charge in [-0.2, -0.15) is 0 Å². The van der Waals surface area contributed by atoms with Crippen LogP contribution in [0.25, 0.3) is 0 Å².